The molecule has 0 bridgehead atoms. The first kappa shape index (κ1) is 14.9. The molecule has 0 radical (unpaired) electrons. The van der Waals surface area contributed by atoms with Gasteiger partial charge in [0, 0.05) is 6.42 Å². The SMILES string of the molecule is CCCOc1cccc(CC(C)(C#N)N2CCCC2)c1. The smallest absolute Gasteiger partial charge is 0.119 e. The molecular weight excluding hydrogens is 248 g/mol. The molecule has 108 valence electrons. The summed E-state index contributed by atoms with van der Waals surface area (Å²) < 4.78 is 5.67. The normalized spacial score (nSPS) is 18.4. The van der Waals surface area contributed by atoms with Crippen molar-refractivity contribution in [2.45, 2.75) is 45.1 Å². The summed E-state index contributed by atoms with van der Waals surface area (Å²) in [6.45, 7) is 6.97. The maximum atomic E-state index is 9.59. The van der Waals surface area contributed by atoms with Crippen LogP contribution in [-0.2, 0) is 6.42 Å². The van der Waals surface area contributed by atoms with E-state index in [1.165, 1.54) is 18.4 Å². The minimum absolute atomic E-state index is 0.403. The largest absolute Gasteiger partial charge is 0.494 e. The predicted molar refractivity (Wildman–Crippen MR) is 80.8 cm³/mol. The molecule has 0 N–H and O–H groups in total. The molecule has 1 fully saturated rings. The molecule has 3 nitrogen and oxygen atoms in total. The zero-order valence-electron chi connectivity index (χ0n) is 12.6. The van der Waals surface area contributed by atoms with Crippen molar-refractivity contribution >= 4 is 0 Å². The third-order valence-corrected chi connectivity index (χ3v) is 3.96. The predicted octanol–water partition coefficient (Wildman–Crippen LogP) is 3.40. The Balaban J connectivity index is 2.09. The summed E-state index contributed by atoms with van der Waals surface area (Å²) in [5.41, 5.74) is 0.773. The Kier molecular flexibility index (Phi) is 5.03. The quantitative estimate of drug-likeness (QED) is 0.796. The molecule has 20 heavy (non-hydrogen) atoms. The number of nitrogens with zero attached hydrogens (tertiary/aromatic N) is 2. The van der Waals surface area contributed by atoms with Crippen LogP contribution in [-0.4, -0.2) is 30.1 Å². The van der Waals surface area contributed by atoms with Crippen molar-refractivity contribution in [2.24, 2.45) is 0 Å². The molecule has 0 spiro atoms. The monoisotopic (exact) mass is 272 g/mol. The third kappa shape index (κ3) is 3.52. The van der Waals surface area contributed by atoms with Gasteiger partial charge in [0.25, 0.3) is 0 Å². The maximum Gasteiger partial charge on any atom is 0.119 e. The fourth-order valence-corrected chi connectivity index (χ4v) is 2.80. The molecule has 1 aliphatic rings. The molecule has 3 heteroatoms. The van der Waals surface area contributed by atoms with Crippen molar-refractivity contribution in [3.63, 3.8) is 0 Å². The lowest BCUT2D eigenvalue weighted by atomic mass is 9.92. The van der Waals surface area contributed by atoms with Gasteiger partial charge >= 0.3 is 0 Å². The molecule has 0 saturated carbocycles. The summed E-state index contributed by atoms with van der Waals surface area (Å²) >= 11 is 0. The standard InChI is InChI=1S/C17H24N2O/c1-3-11-20-16-8-6-7-15(12-16)13-17(2,14-18)19-9-4-5-10-19/h6-8,12H,3-5,9-11,13H2,1-2H3. The molecule has 1 atom stereocenters. The molecule has 1 aromatic carbocycles. The number of likely N-dealkylation sites (tertiary alicyclic amines) is 1. The summed E-state index contributed by atoms with van der Waals surface area (Å²) in [6, 6.07) is 10.7. The molecule has 0 amide bonds. The summed E-state index contributed by atoms with van der Waals surface area (Å²) in [5, 5.41) is 9.59. The van der Waals surface area contributed by atoms with Crippen LogP contribution in [0.25, 0.3) is 0 Å². The molecule has 2 rings (SSSR count). The van der Waals surface area contributed by atoms with E-state index in [9.17, 15) is 5.26 Å². The summed E-state index contributed by atoms with van der Waals surface area (Å²) in [4.78, 5) is 2.31. The second kappa shape index (κ2) is 6.76. The molecule has 1 aromatic rings. The molecule has 1 saturated heterocycles. The van der Waals surface area contributed by atoms with Crippen molar-refractivity contribution in [1.29, 1.82) is 5.26 Å². The van der Waals surface area contributed by atoms with Gasteiger partial charge in [0.05, 0.1) is 12.7 Å². The van der Waals surface area contributed by atoms with Crippen LogP contribution >= 0.6 is 0 Å². The summed E-state index contributed by atoms with van der Waals surface area (Å²) in [6.07, 6.45) is 4.18. The van der Waals surface area contributed by atoms with Gasteiger partial charge in [-0.15, -0.1) is 0 Å². The van der Waals surface area contributed by atoms with Crippen LogP contribution in [0.4, 0.5) is 0 Å². The van der Waals surface area contributed by atoms with Gasteiger partial charge < -0.3 is 4.74 Å². The highest BCUT2D eigenvalue weighted by Gasteiger charge is 2.33. The second-order valence-electron chi connectivity index (χ2n) is 5.75. The highest BCUT2D eigenvalue weighted by Crippen LogP contribution is 2.26. The van der Waals surface area contributed by atoms with E-state index in [-0.39, 0.29) is 0 Å². The van der Waals surface area contributed by atoms with E-state index in [1.54, 1.807) is 0 Å². The van der Waals surface area contributed by atoms with E-state index in [4.69, 9.17) is 4.74 Å². The number of rotatable bonds is 6. The highest BCUT2D eigenvalue weighted by molar-refractivity contribution is 5.31. The molecule has 0 aromatic heterocycles. The van der Waals surface area contributed by atoms with E-state index in [1.807, 2.05) is 12.1 Å². The van der Waals surface area contributed by atoms with Crippen LogP contribution in [0, 0.1) is 11.3 Å². The lowest BCUT2D eigenvalue weighted by Gasteiger charge is -2.32. The van der Waals surface area contributed by atoms with Gasteiger partial charge in [0.15, 0.2) is 0 Å². The van der Waals surface area contributed by atoms with Gasteiger partial charge in [-0.3, -0.25) is 4.90 Å². The first-order valence-electron chi connectivity index (χ1n) is 7.56. The Hall–Kier alpha value is -1.53. The van der Waals surface area contributed by atoms with Crippen LogP contribution in [0.2, 0.25) is 0 Å². The number of ether oxygens (including phenoxy) is 1. The third-order valence-electron chi connectivity index (χ3n) is 3.96. The molecule has 1 heterocycles. The van der Waals surface area contributed by atoms with Crippen molar-refractivity contribution < 1.29 is 4.74 Å². The minimum atomic E-state index is -0.403. The summed E-state index contributed by atoms with van der Waals surface area (Å²) in [7, 11) is 0. The fourth-order valence-electron chi connectivity index (χ4n) is 2.80. The van der Waals surface area contributed by atoms with E-state index >= 15 is 0 Å². The van der Waals surface area contributed by atoms with Crippen LogP contribution < -0.4 is 4.74 Å². The van der Waals surface area contributed by atoms with Gasteiger partial charge in [-0.2, -0.15) is 5.26 Å². The lowest BCUT2D eigenvalue weighted by molar-refractivity contribution is 0.191. The first-order valence-corrected chi connectivity index (χ1v) is 7.56. The zero-order chi connectivity index (χ0) is 14.4. The van der Waals surface area contributed by atoms with Gasteiger partial charge in [0.1, 0.15) is 11.3 Å². The number of hydrogen-bond acceptors (Lipinski definition) is 3. The van der Waals surface area contributed by atoms with Crippen molar-refractivity contribution in [3.05, 3.63) is 29.8 Å². The van der Waals surface area contributed by atoms with Crippen LogP contribution in [0.3, 0.4) is 0 Å². The van der Waals surface area contributed by atoms with E-state index < -0.39 is 5.54 Å². The lowest BCUT2D eigenvalue weighted by Crippen LogP contribution is -2.45. The Labute approximate surface area is 122 Å². The average molecular weight is 272 g/mol. The Morgan fingerprint density at radius 3 is 2.75 bits per heavy atom. The van der Waals surface area contributed by atoms with Gasteiger partial charge in [-0.05, 0) is 57.0 Å². The molecule has 1 unspecified atom stereocenters. The average Bonchev–Trinajstić information content (AvgIpc) is 3.00. The first-order chi connectivity index (χ1) is 9.68. The number of nitriles is 1. The Bertz CT molecular complexity index is 474. The van der Waals surface area contributed by atoms with Crippen LogP contribution in [0.5, 0.6) is 5.75 Å². The number of hydrogen-bond donors (Lipinski definition) is 0. The maximum absolute atomic E-state index is 9.59. The zero-order valence-corrected chi connectivity index (χ0v) is 12.6. The van der Waals surface area contributed by atoms with Gasteiger partial charge in [-0.1, -0.05) is 19.1 Å². The second-order valence-corrected chi connectivity index (χ2v) is 5.75. The Morgan fingerprint density at radius 2 is 2.10 bits per heavy atom. The van der Waals surface area contributed by atoms with Crippen molar-refractivity contribution in [3.8, 4) is 11.8 Å². The molecular formula is C17H24N2O. The summed E-state index contributed by atoms with van der Waals surface area (Å²) in [5.74, 6) is 0.908. The molecule has 0 aliphatic carbocycles. The van der Waals surface area contributed by atoms with E-state index in [0.29, 0.717) is 0 Å². The van der Waals surface area contributed by atoms with Gasteiger partial charge in [0.2, 0.25) is 0 Å². The van der Waals surface area contributed by atoms with E-state index in [0.717, 1.165) is 38.3 Å². The number of benzene rings is 1. The van der Waals surface area contributed by atoms with Gasteiger partial charge in [-0.25, -0.2) is 0 Å². The molecule has 1 aliphatic heterocycles. The highest BCUT2D eigenvalue weighted by atomic mass is 16.5. The Morgan fingerprint density at radius 1 is 1.35 bits per heavy atom. The minimum Gasteiger partial charge on any atom is -0.494 e. The van der Waals surface area contributed by atoms with E-state index in [2.05, 4.69) is 36.9 Å². The van der Waals surface area contributed by atoms with Crippen LogP contribution in [0.15, 0.2) is 24.3 Å². The van der Waals surface area contributed by atoms with Crippen molar-refractivity contribution in [2.75, 3.05) is 19.7 Å². The fraction of sp³-hybridized carbons (Fsp3) is 0.588. The van der Waals surface area contributed by atoms with Crippen LogP contribution in [0.1, 0.15) is 38.7 Å². The van der Waals surface area contributed by atoms with Crippen molar-refractivity contribution in [1.82, 2.24) is 4.90 Å². The topological polar surface area (TPSA) is 36.3 Å².